The van der Waals surface area contributed by atoms with Crippen molar-refractivity contribution in [2.75, 3.05) is 19.5 Å². The minimum absolute atomic E-state index is 0.0432. The van der Waals surface area contributed by atoms with E-state index < -0.39 is 5.82 Å². The lowest BCUT2D eigenvalue weighted by molar-refractivity contribution is 0.355. The number of ether oxygens (including phenoxy) is 2. The van der Waals surface area contributed by atoms with E-state index in [1.807, 2.05) is 12.1 Å². The summed E-state index contributed by atoms with van der Waals surface area (Å²) in [6, 6.07) is 11.9. The van der Waals surface area contributed by atoms with Gasteiger partial charge in [-0.3, -0.25) is 0 Å². The second-order valence-electron chi connectivity index (χ2n) is 4.31. The minimum Gasteiger partial charge on any atom is -0.493 e. The Morgan fingerprint density at radius 1 is 1.14 bits per heavy atom. The number of nitrogens with zero attached hydrogens (tertiary/aromatic N) is 1. The smallest absolute Gasteiger partial charge is 0.162 e. The molecule has 0 spiro atoms. The first-order valence-electron chi connectivity index (χ1n) is 6.33. The van der Waals surface area contributed by atoms with Gasteiger partial charge in [-0.2, -0.15) is 5.26 Å². The number of nitrogens with one attached hydrogen (secondary N) is 1. The van der Waals surface area contributed by atoms with Crippen LogP contribution in [-0.2, 0) is 6.54 Å². The van der Waals surface area contributed by atoms with E-state index in [9.17, 15) is 4.39 Å². The predicted molar refractivity (Wildman–Crippen MR) is 78.0 cm³/mol. The molecule has 0 saturated heterocycles. The van der Waals surface area contributed by atoms with Gasteiger partial charge in [-0.25, -0.2) is 4.39 Å². The standard InChI is InChI=1S/C16H15FN2O2/c1-20-14-7-6-13(8-15(14)21-2)19-10-12-5-3-4-11(9-18)16(12)17/h3-8,19H,10H2,1-2H3. The van der Waals surface area contributed by atoms with Crippen molar-refractivity contribution in [3.8, 4) is 17.6 Å². The van der Waals surface area contributed by atoms with E-state index in [-0.39, 0.29) is 12.1 Å². The fraction of sp³-hybridized carbons (Fsp3) is 0.188. The van der Waals surface area contributed by atoms with Crippen LogP contribution < -0.4 is 14.8 Å². The third-order valence-electron chi connectivity index (χ3n) is 3.07. The van der Waals surface area contributed by atoms with Gasteiger partial charge >= 0.3 is 0 Å². The molecule has 0 saturated carbocycles. The number of methoxy groups -OCH3 is 2. The summed E-state index contributed by atoms with van der Waals surface area (Å²) in [7, 11) is 3.12. The first kappa shape index (κ1) is 14.7. The Kier molecular flexibility index (Phi) is 4.62. The van der Waals surface area contributed by atoms with Gasteiger partial charge in [0.2, 0.25) is 0 Å². The van der Waals surface area contributed by atoms with Crippen LogP contribution in [0.5, 0.6) is 11.5 Å². The summed E-state index contributed by atoms with van der Waals surface area (Å²) >= 11 is 0. The third kappa shape index (κ3) is 3.23. The van der Waals surface area contributed by atoms with Crippen LogP contribution in [-0.4, -0.2) is 14.2 Å². The molecule has 0 aromatic heterocycles. The molecule has 0 atom stereocenters. The van der Waals surface area contributed by atoms with Gasteiger partial charge in [0.15, 0.2) is 11.5 Å². The number of hydrogen-bond acceptors (Lipinski definition) is 4. The van der Waals surface area contributed by atoms with Crippen molar-refractivity contribution >= 4 is 5.69 Å². The predicted octanol–water partition coefficient (Wildman–Crippen LogP) is 3.33. The van der Waals surface area contributed by atoms with Crippen LogP contribution in [0, 0.1) is 17.1 Å². The zero-order valence-electron chi connectivity index (χ0n) is 11.8. The second kappa shape index (κ2) is 6.62. The van der Waals surface area contributed by atoms with Crippen molar-refractivity contribution < 1.29 is 13.9 Å². The van der Waals surface area contributed by atoms with Gasteiger partial charge in [0.25, 0.3) is 0 Å². The molecule has 0 radical (unpaired) electrons. The average molecular weight is 286 g/mol. The molecule has 21 heavy (non-hydrogen) atoms. The highest BCUT2D eigenvalue weighted by Crippen LogP contribution is 2.30. The summed E-state index contributed by atoms with van der Waals surface area (Å²) in [5.41, 5.74) is 1.25. The number of nitriles is 1. The summed E-state index contributed by atoms with van der Waals surface area (Å²) in [4.78, 5) is 0. The van der Waals surface area contributed by atoms with Crippen molar-refractivity contribution in [3.05, 3.63) is 53.3 Å². The molecule has 1 N–H and O–H groups in total. The van der Waals surface area contributed by atoms with E-state index in [0.29, 0.717) is 17.1 Å². The van der Waals surface area contributed by atoms with Crippen LogP contribution in [0.1, 0.15) is 11.1 Å². The molecule has 5 heteroatoms. The van der Waals surface area contributed by atoms with Crippen LogP contribution in [0.15, 0.2) is 36.4 Å². The van der Waals surface area contributed by atoms with E-state index in [4.69, 9.17) is 14.7 Å². The molecule has 0 aliphatic heterocycles. The largest absolute Gasteiger partial charge is 0.493 e. The lowest BCUT2D eigenvalue weighted by Crippen LogP contribution is -2.03. The number of benzene rings is 2. The van der Waals surface area contributed by atoms with Crippen molar-refractivity contribution in [2.24, 2.45) is 0 Å². The number of hydrogen-bond donors (Lipinski definition) is 1. The molecule has 0 heterocycles. The highest BCUT2D eigenvalue weighted by atomic mass is 19.1. The molecular weight excluding hydrogens is 271 g/mol. The zero-order chi connectivity index (χ0) is 15.2. The van der Waals surface area contributed by atoms with Crippen molar-refractivity contribution in [1.82, 2.24) is 0 Å². The summed E-state index contributed by atoms with van der Waals surface area (Å²) in [5.74, 6) is 0.724. The molecule has 108 valence electrons. The maximum Gasteiger partial charge on any atom is 0.162 e. The van der Waals surface area contributed by atoms with Gasteiger partial charge < -0.3 is 14.8 Å². The lowest BCUT2D eigenvalue weighted by atomic mass is 10.1. The normalized spacial score (nSPS) is 9.81. The van der Waals surface area contributed by atoms with E-state index in [2.05, 4.69) is 5.32 Å². The van der Waals surface area contributed by atoms with Crippen LogP contribution in [0.3, 0.4) is 0 Å². The monoisotopic (exact) mass is 286 g/mol. The van der Waals surface area contributed by atoms with Crippen LogP contribution in [0.4, 0.5) is 10.1 Å². The molecule has 0 amide bonds. The summed E-state index contributed by atoms with van der Waals surface area (Å²) in [6.45, 7) is 0.275. The maximum absolute atomic E-state index is 13.9. The van der Waals surface area contributed by atoms with Crippen LogP contribution >= 0.6 is 0 Å². The first-order valence-corrected chi connectivity index (χ1v) is 6.33. The van der Waals surface area contributed by atoms with Gasteiger partial charge in [0.05, 0.1) is 19.8 Å². The number of halogens is 1. The van der Waals surface area contributed by atoms with E-state index in [1.54, 1.807) is 38.5 Å². The molecule has 2 aromatic carbocycles. The highest BCUT2D eigenvalue weighted by molar-refractivity contribution is 5.55. The fourth-order valence-electron chi connectivity index (χ4n) is 1.95. The second-order valence-corrected chi connectivity index (χ2v) is 4.31. The van der Waals surface area contributed by atoms with Gasteiger partial charge in [0, 0.05) is 23.9 Å². The summed E-state index contributed by atoms with van der Waals surface area (Å²) in [5, 5.41) is 11.9. The molecule has 0 fully saturated rings. The number of anilines is 1. The van der Waals surface area contributed by atoms with Gasteiger partial charge in [-0.1, -0.05) is 12.1 Å². The molecule has 2 rings (SSSR count). The van der Waals surface area contributed by atoms with Crippen molar-refractivity contribution in [1.29, 1.82) is 5.26 Å². The lowest BCUT2D eigenvalue weighted by Gasteiger charge is -2.12. The topological polar surface area (TPSA) is 54.3 Å². The number of rotatable bonds is 5. The van der Waals surface area contributed by atoms with Crippen LogP contribution in [0.25, 0.3) is 0 Å². The van der Waals surface area contributed by atoms with Crippen molar-refractivity contribution in [2.45, 2.75) is 6.54 Å². The Labute approximate surface area is 122 Å². The van der Waals surface area contributed by atoms with Crippen molar-refractivity contribution in [3.63, 3.8) is 0 Å². The van der Waals surface area contributed by atoms with E-state index in [0.717, 1.165) is 5.69 Å². The molecule has 0 aliphatic carbocycles. The molecule has 2 aromatic rings. The van der Waals surface area contributed by atoms with Gasteiger partial charge in [-0.05, 0) is 18.2 Å². The van der Waals surface area contributed by atoms with Gasteiger partial charge in [0.1, 0.15) is 11.9 Å². The SMILES string of the molecule is COc1ccc(NCc2cccc(C#N)c2F)cc1OC. The summed E-state index contributed by atoms with van der Waals surface area (Å²) in [6.07, 6.45) is 0. The fourth-order valence-corrected chi connectivity index (χ4v) is 1.95. The third-order valence-corrected chi connectivity index (χ3v) is 3.07. The zero-order valence-corrected chi connectivity index (χ0v) is 11.8. The molecule has 4 nitrogen and oxygen atoms in total. The average Bonchev–Trinajstić information content (AvgIpc) is 2.53. The maximum atomic E-state index is 13.9. The highest BCUT2D eigenvalue weighted by Gasteiger charge is 2.08. The van der Waals surface area contributed by atoms with E-state index >= 15 is 0 Å². The Morgan fingerprint density at radius 2 is 1.90 bits per heavy atom. The quantitative estimate of drug-likeness (QED) is 0.916. The Hall–Kier alpha value is -2.74. The molecule has 0 aliphatic rings. The molecular formula is C16H15FN2O2. The first-order chi connectivity index (χ1) is 10.2. The Bertz CT molecular complexity index is 680. The summed E-state index contributed by atoms with van der Waals surface area (Å²) < 4.78 is 24.3. The van der Waals surface area contributed by atoms with E-state index in [1.165, 1.54) is 6.07 Å². The Balaban J connectivity index is 2.15. The molecule has 0 unspecified atom stereocenters. The van der Waals surface area contributed by atoms with Gasteiger partial charge in [-0.15, -0.1) is 0 Å². The minimum atomic E-state index is -0.493. The Morgan fingerprint density at radius 3 is 2.57 bits per heavy atom. The molecule has 0 bridgehead atoms. The van der Waals surface area contributed by atoms with Crippen LogP contribution in [0.2, 0.25) is 0 Å².